The second-order valence-corrected chi connectivity index (χ2v) is 3.67. The average Bonchev–Trinajstić information content (AvgIpc) is 2.01. The molecular formula is C8H13NO2. The van der Waals surface area contributed by atoms with Gasteiger partial charge in [0.1, 0.15) is 0 Å². The minimum absolute atomic E-state index is 0.346. The van der Waals surface area contributed by atoms with Gasteiger partial charge in [-0.05, 0) is 12.8 Å². The van der Waals surface area contributed by atoms with Crippen molar-refractivity contribution in [2.75, 3.05) is 26.3 Å². The number of carbonyl (C=O) groups excluding carboxylic acids is 1. The molecule has 0 radical (unpaired) electrons. The Morgan fingerprint density at radius 2 is 2.27 bits per heavy atom. The maximum Gasteiger partial charge on any atom is 0.209 e. The molecule has 2 fully saturated rings. The van der Waals surface area contributed by atoms with Crippen LogP contribution >= 0.6 is 0 Å². The quantitative estimate of drug-likeness (QED) is 0.508. The standard InChI is InChI=1S/C8H13NO2/c10-7-9-4-8(5-9)2-1-3-11-6-8/h7H,1-6H2. The fraction of sp³-hybridized carbons (Fsp3) is 0.875. The lowest BCUT2D eigenvalue weighted by atomic mass is 9.76. The summed E-state index contributed by atoms with van der Waals surface area (Å²) in [5.41, 5.74) is 0.346. The van der Waals surface area contributed by atoms with E-state index in [0.29, 0.717) is 5.41 Å². The van der Waals surface area contributed by atoms with Crippen LogP contribution in [0.5, 0.6) is 0 Å². The van der Waals surface area contributed by atoms with Crippen molar-refractivity contribution >= 4 is 6.41 Å². The number of amides is 1. The van der Waals surface area contributed by atoms with Crippen LogP contribution in [-0.4, -0.2) is 37.6 Å². The molecule has 2 aliphatic heterocycles. The summed E-state index contributed by atoms with van der Waals surface area (Å²) in [5, 5.41) is 0. The second kappa shape index (κ2) is 2.48. The highest BCUT2D eigenvalue weighted by Gasteiger charge is 2.43. The predicted octanol–water partition coefficient (Wildman–Crippen LogP) is 0.255. The number of ether oxygens (including phenoxy) is 1. The van der Waals surface area contributed by atoms with E-state index in [2.05, 4.69) is 0 Å². The molecule has 62 valence electrons. The Labute approximate surface area is 66.3 Å². The van der Waals surface area contributed by atoms with Crippen LogP contribution < -0.4 is 0 Å². The van der Waals surface area contributed by atoms with Crippen LogP contribution in [0.25, 0.3) is 0 Å². The van der Waals surface area contributed by atoms with Crippen molar-refractivity contribution in [3.63, 3.8) is 0 Å². The largest absolute Gasteiger partial charge is 0.381 e. The fourth-order valence-corrected chi connectivity index (χ4v) is 2.05. The zero-order chi connectivity index (χ0) is 7.73. The zero-order valence-electron chi connectivity index (χ0n) is 6.58. The summed E-state index contributed by atoms with van der Waals surface area (Å²) in [4.78, 5) is 12.1. The summed E-state index contributed by atoms with van der Waals surface area (Å²) < 4.78 is 5.38. The van der Waals surface area contributed by atoms with Crippen molar-refractivity contribution in [3.8, 4) is 0 Å². The van der Waals surface area contributed by atoms with Crippen LogP contribution in [0.3, 0.4) is 0 Å². The van der Waals surface area contributed by atoms with Gasteiger partial charge in [0, 0.05) is 25.1 Å². The molecule has 1 amide bonds. The molecule has 0 aliphatic carbocycles. The molecule has 0 bridgehead atoms. The van der Waals surface area contributed by atoms with Gasteiger partial charge in [0.2, 0.25) is 6.41 Å². The van der Waals surface area contributed by atoms with E-state index in [1.807, 2.05) is 4.90 Å². The fourth-order valence-electron chi connectivity index (χ4n) is 2.05. The molecule has 2 rings (SSSR count). The molecule has 0 aromatic rings. The molecule has 2 aliphatic rings. The molecule has 0 aromatic heterocycles. The zero-order valence-corrected chi connectivity index (χ0v) is 6.58. The molecule has 0 atom stereocenters. The van der Waals surface area contributed by atoms with E-state index in [-0.39, 0.29) is 0 Å². The summed E-state index contributed by atoms with van der Waals surface area (Å²) >= 11 is 0. The summed E-state index contributed by atoms with van der Waals surface area (Å²) in [7, 11) is 0. The Morgan fingerprint density at radius 3 is 2.82 bits per heavy atom. The summed E-state index contributed by atoms with van der Waals surface area (Å²) in [6.45, 7) is 3.59. The van der Waals surface area contributed by atoms with Gasteiger partial charge in [-0.25, -0.2) is 0 Å². The van der Waals surface area contributed by atoms with E-state index in [4.69, 9.17) is 4.74 Å². The average molecular weight is 155 g/mol. The first kappa shape index (κ1) is 7.10. The lowest BCUT2D eigenvalue weighted by Crippen LogP contribution is -2.59. The van der Waals surface area contributed by atoms with Gasteiger partial charge in [-0.15, -0.1) is 0 Å². The molecular weight excluding hydrogens is 142 g/mol. The SMILES string of the molecule is O=CN1CC2(CCCOC2)C1. The molecule has 0 aromatic carbocycles. The highest BCUT2D eigenvalue weighted by atomic mass is 16.5. The van der Waals surface area contributed by atoms with Crippen LogP contribution in [0.15, 0.2) is 0 Å². The lowest BCUT2D eigenvalue weighted by molar-refractivity contribution is -0.140. The van der Waals surface area contributed by atoms with Crippen molar-refractivity contribution < 1.29 is 9.53 Å². The predicted molar refractivity (Wildman–Crippen MR) is 40.1 cm³/mol. The molecule has 0 unspecified atom stereocenters. The number of rotatable bonds is 1. The van der Waals surface area contributed by atoms with Crippen LogP contribution in [0.2, 0.25) is 0 Å². The third kappa shape index (κ3) is 1.13. The summed E-state index contributed by atoms with van der Waals surface area (Å²) in [6.07, 6.45) is 3.32. The Kier molecular flexibility index (Phi) is 1.60. The van der Waals surface area contributed by atoms with Gasteiger partial charge in [-0.2, -0.15) is 0 Å². The first-order valence-corrected chi connectivity index (χ1v) is 4.12. The van der Waals surface area contributed by atoms with Crippen molar-refractivity contribution in [1.29, 1.82) is 0 Å². The smallest absolute Gasteiger partial charge is 0.209 e. The van der Waals surface area contributed by atoms with Gasteiger partial charge in [0.05, 0.1) is 6.61 Å². The Hall–Kier alpha value is -0.570. The van der Waals surface area contributed by atoms with Crippen molar-refractivity contribution in [2.24, 2.45) is 5.41 Å². The first-order valence-electron chi connectivity index (χ1n) is 4.12. The van der Waals surface area contributed by atoms with Gasteiger partial charge in [0.25, 0.3) is 0 Å². The molecule has 3 heteroatoms. The Morgan fingerprint density at radius 1 is 1.45 bits per heavy atom. The highest BCUT2D eigenvalue weighted by Crippen LogP contribution is 2.36. The van der Waals surface area contributed by atoms with Crippen LogP contribution in [0, 0.1) is 5.41 Å². The summed E-state index contributed by atoms with van der Waals surface area (Å²) in [5.74, 6) is 0. The maximum atomic E-state index is 10.3. The minimum atomic E-state index is 0.346. The van der Waals surface area contributed by atoms with Gasteiger partial charge < -0.3 is 9.64 Å². The molecule has 0 N–H and O–H groups in total. The second-order valence-electron chi connectivity index (χ2n) is 3.67. The molecule has 2 saturated heterocycles. The lowest BCUT2D eigenvalue weighted by Gasteiger charge is -2.50. The van der Waals surface area contributed by atoms with Crippen molar-refractivity contribution in [3.05, 3.63) is 0 Å². The van der Waals surface area contributed by atoms with E-state index in [1.54, 1.807) is 0 Å². The Bertz CT molecular complexity index is 155. The van der Waals surface area contributed by atoms with Gasteiger partial charge in [-0.3, -0.25) is 4.79 Å². The number of likely N-dealkylation sites (tertiary alicyclic amines) is 1. The molecule has 3 nitrogen and oxygen atoms in total. The maximum absolute atomic E-state index is 10.3. The topological polar surface area (TPSA) is 29.5 Å². The van der Waals surface area contributed by atoms with Crippen molar-refractivity contribution in [2.45, 2.75) is 12.8 Å². The number of hydrogen-bond donors (Lipinski definition) is 0. The minimum Gasteiger partial charge on any atom is -0.381 e. The monoisotopic (exact) mass is 155 g/mol. The highest BCUT2D eigenvalue weighted by molar-refractivity contribution is 5.49. The van der Waals surface area contributed by atoms with Gasteiger partial charge >= 0.3 is 0 Å². The van der Waals surface area contributed by atoms with Crippen molar-refractivity contribution in [1.82, 2.24) is 4.90 Å². The van der Waals surface area contributed by atoms with E-state index in [0.717, 1.165) is 39.1 Å². The van der Waals surface area contributed by atoms with Crippen LogP contribution in [0.4, 0.5) is 0 Å². The van der Waals surface area contributed by atoms with E-state index >= 15 is 0 Å². The van der Waals surface area contributed by atoms with Crippen LogP contribution in [-0.2, 0) is 9.53 Å². The normalized spacial score (nSPS) is 28.2. The first-order chi connectivity index (χ1) is 5.35. The number of nitrogens with zero attached hydrogens (tertiary/aromatic N) is 1. The van der Waals surface area contributed by atoms with Gasteiger partial charge in [-0.1, -0.05) is 0 Å². The molecule has 2 heterocycles. The molecule has 1 spiro atoms. The summed E-state index contributed by atoms with van der Waals surface area (Å²) in [6, 6.07) is 0. The van der Waals surface area contributed by atoms with E-state index in [1.165, 1.54) is 6.42 Å². The number of hydrogen-bond acceptors (Lipinski definition) is 2. The van der Waals surface area contributed by atoms with Gasteiger partial charge in [0.15, 0.2) is 0 Å². The Balaban J connectivity index is 1.88. The third-order valence-electron chi connectivity index (χ3n) is 2.63. The molecule has 0 saturated carbocycles. The third-order valence-corrected chi connectivity index (χ3v) is 2.63. The van der Waals surface area contributed by atoms with Crippen LogP contribution in [0.1, 0.15) is 12.8 Å². The van der Waals surface area contributed by atoms with E-state index in [9.17, 15) is 4.79 Å². The van der Waals surface area contributed by atoms with E-state index < -0.39 is 0 Å². The molecule has 11 heavy (non-hydrogen) atoms. The number of carbonyl (C=O) groups is 1.